The predicted octanol–water partition coefficient (Wildman–Crippen LogP) is 5.69. The minimum Gasteiger partial charge on any atom is -0.495 e. The molecule has 0 spiro atoms. The van der Waals surface area contributed by atoms with Crippen molar-refractivity contribution in [3.8, 4) is 5.75 Å². The van der Waals surface area contributed by atoms with Gasteiger partial charge in [0.2, 0.25) is 0 Å². The van der Waals surface area contributed by atoms with E-state index in [-0.39, 0.29) is 16.3 Å². The summed E-state index contributed by atoms with van der Waals surface area (Å²) >= 11 is 18.2. The second-order valence-corrected chi connectivity index (χ2v) is 8.37. The summed E-state index contributed by atoms with van der Waals surface area (Å²) in [7, 11) is 1.48. The largest absolute Gasteiger partial charge is 0.495 e. The summed E-state index contributed by atoms with van der Waals surface area (Å²) in [6.07, 6.45) is 0. The van der Waals surface area contributed by atoms with Crippen LogP contribution in [0.15, 0.2) is 77.5 Å². The van der Waals surface area contributed by atoms with Crippen molar-refractivity contribution in [1.29, 1.82) is 0 Å². The average molecular weight is 517 g/mol. The molecule has 4 rings (SSSR count). The molecule has 34 heavy (non-hydrogen) atoms. The number of hydrogen-bond acceptors (Lipinski definition) is 5. The summed E-state index contributed by atoms with van der Waals surface area (Å²) in [6, 6.07) is 17.5. The number of rotatable bonds is 6. The maximum absolute atomic E-state index is 13.0. The maximum Gasteiger partial charge on any atom is 0.283 e. The monoisotopic (exact) mass is 515 g/mol. The molecule has 0 atom stereocenters. The summed E-state index contributed by atoms with van der Waals surface area (Å²) in [5.41, 5.74) is 1.25. The van der Waals surface area contributed by atoms with Crippen LogP contribution in [0.2, 0.25) is 10.0 Å². The first kappa shape index (κ1) is 23.6. The standard InChI is InChI=1S/C24H16Cl3N3O4/c1-34-19-9-8-15(26)12-18(19)29-22(31)13-4-2-6-16(10-13)28-21-20(27)23(32)30(24(21)33)17-7-3-5-14(25)11-17/h2-12,28H,1H3,(H,29,31). The number of nitrogens with one attached hydrogen (secondary N) is 2. The molecule has 3 amide bonds. The van der Waals surface area contributed by atoms with Crippen molar-refractivity contribution in [3.05, 3.63) is 93.1 Å². The van der Waals surface area contributed by atoms with E-state index in [4.69, 9.17) is 39.5 Å². The molecule has 0 aromatic heterocycles. The van der Waals surface area contributed by atoms with Gasteiger partial charge in [0.25, 0.3) is 17.7 Å². The van der Waals surface area contributed by atoms with Crippen molar-refractivity contribution in [1.82, 2.24) is 0 Å². The van der Waals surface area contributed by atoms with Gasteiger partial charge in [0.15, 0.2) is 0 Å². The molecule has 3 aromatic rings. The van der Waals surface area contributed by atoms with Gasteiger partial charge >= 0.3 is 0 Å². The molecule has 0 bridgehead atoms. The molecule has 172 valence electrons. The summed E-state index contributed by atoms with van der Waals surface area (Å²) in [5.74, 6) is -1.31. The highest BCUT2D eigenvalue weighted by Gasteiger charge is 2.39. The normalized spacial score (nSPS) is 13.4. The third kappa shape index (κ3) is 4.72. The highest BCUT2D eigenvalue weighted by Crippen LogP contribution is 2.32. The Kier molecular flexibility index (Phi) is 6.79. The SMILES string of the molecule is COc1ccc(Cl)cc1NC(=O)c1cccc(NC2=C(Cl)C(=O)N(c3cccc(Cl)c3)C2=O)c1. The molecule has 3 aromatic carbocycles. The minimum absolute atomic E-state index is 0.110. The van der Waals surface area contributed by atoms with E-state index >= 15 is 0 Å². The predicted molar refractivity (Wildman–Crippen MR) is 133 cm³/mol. The molecule has 1 heterocycles. The maximum atomic E-state index is 13.0. The smallest absolute Gasteiger partial charge is 0.283 e. The van der Waals surface area contributed by atoms with E-state index in [1.165, 1.54) is 19.2 Å². The molecule has 1 aliphatic rings. The Bertz CT molecular complexity index is 1360. The molecule has 2 N–H and O–H groups in total. The zero-order valence-corrected chi connectivity index (χ0v) is 19.8. The van der Waals surface area contributed by atoms with Crippen molar-refractivity contribution in [2.45, 2.75) is 0 Å². The molecule has 1 aliphatic heterocycles. The first-order valence-electron chi connectivity index (χ1n) is 9.84. The summed E-state index contributed by atoms with van der Waals surface area (Å²) < 4.78 is 5.25. The van der Waals surface area contributed by atoms with Gasteiger partial charge in [-0.05, 0) is 54.6 Å². The molecule has 10 heteroatoms. The van der Waals surface area contributed by atoms with E-state index < -0.39 is 17.7 Å². The van der Waals surface area contributed by atoms with Gasteiger partial charge in [-0.3, -0.25) is 14.4 Å². The van der Waals surface area contributed by atoms with Gasteiger partial charge < -0.3 is 15.4 Å². The van der Waals surface area contributed by atoms with Gasteiger partial charge in [-0.15, -0.1) is 0 Å². The van der Waals surface area contributed by atoms with Crippen LogP contribution in [0.1, 0.15) is 10.4 Å². The van der Waals surface area contributed by atoms with Crippen molar-refractivity contribution < 1.29 is 19.1 Å². The number of amides is 3. The van der Waals surface area contributed by atoms with Crippen molar-refractivity contribution in [3.63, 3.8) is 0 Å². The van der Waals surface area contributed by atoms with Gasteiger partial charge in [0.05, 0.1) is 18.5 Å². The van der Waals surface area contributed by atoms with Gasteiger partial charge in [-0.25, -0.2) is 4.90 Å². The second kappa shape index (κ2) is 9.77. The van der Waals surface area contributed by atoms with Crippen LogP contribution >= 0.6 is 34.8 Å². The van der Waals surface area contributed by atoms with Gasteiger partial charge in [0, 0.05) is 21.3 Å². The van der Waals surface area contributed by atoms with Gasteiger partial charge in [0.1, 0.15) is 16.5 Å². The number of benzene rings is 3. The van der Waals surface area contributed by atoms with Crippen molar-refractivity contribution >= 4 is 69.6 Å². The quantitative estimate of drug-likeness (QED) is 0.411. The lowest BCUT2D eigenvalue weighted by atomic mass is 10.1. The molecule has 0 saturated carbocycles. The van der Waals surface area contributed by atoms with Crippen LogP contribution in [-0.2, 0) is 9.59 Å². The molecule has 7 nitrogen and oxygen atoms in total. The third-order valence-corrected chi connectivity index (χ3v) is 5.72. The third-order valence-electron chi connectivity index (χ3n) is 4.90. The van der Waals surface area contributed by atoms with Crippen LogP contribution in [0.3, 0.4) is 0 Å². The van der Waals surface area contributed by atoms with E-state index in [1.807, 2.05) is 0 Å². The number of anilines is 3. The van der Waals surface area contributed by atoms with E-state index in [1.54, 1.807) is 54.6 Å². The number of nitrogens with zero attached hydrogens (tertiary/aromatic N) is 1. The van der Waals surface area contributed by atoms with E-state index in [0.717, 1.165) is 4.90 Å². The van der Waals surface area contributed by atoms with Crippen molar-refractivity contribution in [2.24, 2.45) is 0 Å². The van der Waals surface area contributed by atoms with Crippen LogP contribution in [0.5, 0.6) is 5.75 Å². The molecule has 0 unspecified atom stereocenters. The Balaban J connectivity index is 1.55. The van der Waals surface area contributed by atoms with Gasteiger partial charge in [-0.1, -0.05) is 46.9 Å². The lowest BCUT2D eigenvalue weighted by molar-refractivity contribution is -0.120. The topological polar surface area (TPSA) is 87.7 Å². The number of ether oxygens (including phenoxy) is 1. The second-order valence-electron chi connectivity index (χ2n) is 7.12. The summed E-state index contributed by atoms with van der Waals surface area (Å²) in [4.78, 5) is 39.3. The highest BCUT2D eigenvalue weighted by atomic mass is 35.5. The first-order chi connectivity index (χ1) is 16.3. The van der Waals surface area contributed by atoms with Crippen LogP contribution in [0.25, 0.3) is 0 Å². The minimum atomic E-state index is -0.682. The summed E-state index contributed by atoms with van der Waals surface area (Å²) in [6.45, 7) is 0. The number of imide groups is 1. The molecule has 0 aliphatic carbocycles. The lowest BCUT2D eigenvalue weighted by Crippen LogP contribution is -2.32. The Morgan fingerprint density at radius 3 is 2.35 bits per heavy atom. The number of carbonyl (C=O) groups excluding carboxylic acids is 3. The number of carbonyl (C=O) groups is 3. The molecule has 0 radical (unpaired) electrons. The number of methoxy groups -OCH3 is 1. The van der Waals surface area contributed by atoms with Gasteiger partial charge in [-0.2, -0.15) is 0 Å². The van der Waals surface area contributed by atoms with Crippen LogP contribution in [-0.4, -0.2) is 24.8 Å². The fourth-order valence-corrected chi connectivity index (χ4v) is 3.89. The zero-order chi connectivity index (χ0) is 24.4. The average Bonchev–Trinajstić information content (AvgIpc) is 3.02. The Morgan fingerprint density at radius 2 is 1.62 bits per heavy atom. The van der Waals surface area contributed by atoms with E-state index in [9.17, 15) is 14.4 Å². The van der Waals surface area contributed by atoms with Crippen LogP contribution < -0.4 is 20.3 Å². The number of hydrogen-bond donors (Lipinski definition) is 2. The van der Waals surface area contributed by atoms with Crippen LogP contribution in [0, 0.1) is 0 Å². The van der Waals surface area contributed by atoms with E-state index in [0.29, 0.717) is 32.9 Å². The Morgan fingerprint density at radius 1 is 0.882 bits per heavy atom. The summed E-state index contributed by atoms with van der Waals surface area (Å²) in [5, 5.41) is 6.12. The molecular formula is C24H16Cl3N3O4. The lowest BCUT2D eigenvalue weighted by Gasteiger charge is -2.15. The molecular weight excluding hydrogens is 501 g/mol. The molecule has 0 fully saturated rings. The zero-order valence-electron chi connectivity index (χ0n) is 17.6. The Labute approximate surface area is 209 Å². The first-order valence-corrected chi connectivity index (χ1v) is 11.0. The number of halogens is 3. The Hall–Kier alpha value is -3.52. The highest BCUT2D eigenvalue weighted by molar-refractivity contribution is 6.53. The fourth-order valence-electron chi connectivity index (χ4n) is 3.32. The van der Waals surface area contributed by atoms with Crippen molar-refractivity contribution in [2.75, 3.05) is 22.6 Å². The molecule has 0 saturated heterocycles. The van der Waals surface area contributed by atoms with Crippen LogP contribution in [0.4, 0.5) is 17.1 Å². The van der Waals surface area contributed by atoms with E-state index in [2.05, 4.69) is 10.6 Å². The fraction of sp³-hybridized carbons (Fsp3) is 0.0417.